The minimum absolute atomic E-state index is 0.0518. The Morgan fingerprint density at radius 2 is 1.88 bits per heavy atom. The Hall–Kier alpha value is -1.72. The zero-order chi connectivity index (χ0) is 12.4. The lowest BCUT2D eigenvalue weighted by molar-refractivity contribution is 0.633. The number of nitrogens with one attached hydrogen (secondary N) is 1. The Morgan fingerprint density at radius 3 is 2.35 bits per heavy atom. The normalized spacial score (nSPS) is 12.7. The summed E-state index contributed by atoms with van der Waals surface area (Å²) in [5, 5.41) is 4.16. The van der Waals surface area contributed by atoms with Crippen LogP contribution in [-0.4, -0.2) is 14.8 Å². The molecule has 3 N–H and O–H groups in total. The van der Waals surface area contributed by atoms with Gasteiger partial charge >= 0.3 is 0 Å². The Labute approximate surface area is 101 Å². The largest absolute Gasteiger partial charge is 0.275 e. The maximum absolute atomic E-state index is 5.64. The summed E-state index contributed by atoms with van der Waals surface area (Å²) in [5.41, 5.74) is 6.95. The van der Waals surface area contributed by atoms with Gasteiger partial charge in [0.25, 0.3) is 0 Å². The van der Waals surface area contributed by atoms with Gasteiger partial charge in [0.15, 0.2) is 0 Å². The van der Waals surface area contributed by atoms with Crippen molar-refractivity contribution >= 4 is 0 Å². The van der Waals surface area contributed by atoms with E-state index in [-0.39, 0.29) is 6.04 Å². The SMILES string of the molecule is Cc1cc(C(NN)c2cnn(C)c2)cc(C)n1. The molecule has 2 rings (SSSR count). The van der Waals surface area contributed by atoms with Crippen molar-refractivity contribution in [2.45, 2.75) is 19.9 Å². The van der Waals surface area contributed by atoms with Crippen molar-refractivity contribution in [3.8, 4) is 0 Å². The predicted molar refractivity (Wildman–Crippen MR) is 66.1 cm³/mol. The molecule has 2 heterocycles. The number of hydrazine groups is 1. The summed E-state index contributed by atoms with van der Waals surface area (Å²) >= 11 is 0. The second-order valence-corrected chi connectivity index (χ2v) is 4.23. The zero-order valence-corrected chi connectivity index (χ0v) is 10.3. The van der Waals surface area contributed by atoms with E-state index >= 15 is 0 Å². The minimum atomic E-state index is -0.0518. The monoisotopic (exact) mass is 231 g/mol. The third-order valence-electron chi connectivity index (χ3n) is 2.66. The maximum atomic E-state index is 5.64. The molecule has 0 spiro atoms. The lowest BCUT2D eigenvalue weighted by Gasteiger charge is -2.15. The topological polar surface area (TPSA) is 68.8 Å². The van der Waals surface area contributed by atoms with Crippen molar-refractivity contribution in [2.24, 2.45) is 12.9 Å². The number of aryl methyl sites for hydroxylation is 3. The van der Waals surface area contributed by atoms with Gasteiger partial charge < -0.3 is 0 Å². The average molecular weight is 231 g/mol. The lowest BCUT2D eigenvalue weighted by atomic mass is 10.0. The molecule has 0 saturated heterocycles. The van der Waals surface area contributed by atoms with Crippen LogP contribution >= 0.6 is 0 Å². The van der Waals surface area contributed by atoms with Gasteiger partial charge in [0.2, 0.25) is 0 Å². The highest BCUT2D eigenvalue weighted by Gasteiger charge is 2.14. The van der Waals surface area contributed by atoms with Crippen molar-refractivity contribution in [1.29, 1.82) is 0 Å². The first-order chi connectivity index (χ1) is 8.10. The van der Waals surface area contributed by atoms with Gasteiger partial charge in [-0.1, -0.05) is 0 Å². The summed E-state index contributed by atoms with van der Waals surface area (Å²) in [6, 6.07) is 4.01. The third kappa shape index (κ3) is 2.51. The molecular weight excluding hydrogens is 214 g/mol. The molecule has 0 amide bonds. The quantitative estimate of drug-likeness (QED) is 0.610. The summed E-state index contributed by atoms with van der Waals surface area (Å²) in [4.78, 5) is 4.36. The molecule has 90 valence electrons. The van der Waals surface area contributed by atoms with Crippen molar-refractivity contribution < 1.29 is 0 Å². The summed E-state index contributed by atoms with van der Waals surface area (Å²) in [6.07, 6.45) is 3.77. The minimum Gasteiger partial charge on any atom is -0.275 e. The van der Waals surface area contributed by atoms with E-state index in [2.05, 4.69) is 15.5 Å². The Kier molecular flexibility index (Phi) is 3.21. The smallest absolute Gasteiger partial charge is 0.0742 e. The van der Waals surface area contributed by atoms with Crippen LogP contribution < -0.4 is 11.3 Å². The second kappa shape index (κ2) is 4.65. The fourth-order valence-electron chi connectivity index (χ4n) is 2.01. The molecule has 1 unspecified atom stereocenters. The summed E-state index contributed by atoms with van der Waals surface area (Å²) in [7, 11) is 1.89. The van der Waals surface area contributed by atoms with Crippen LogP contribution in [0.25, 0.3) is 0 Å². The van der Waals surface area contributed by atoms with Gasteiger partial charge in [0.05, 0.1) is 12.2 Å². The van der Waals surface area contributed by atoms with Crippen LogP contribution in [0, 0.1) is 13.8 Å². The van der Waals surface area contributed by atoms with Crippen LogP contribution in [0.5, 0.6) is 0 Å². The first-order valence-corrected chi connectivity index (χ1v) is 5.50. The lowest BCUT2D eigenvalue weighted by Crippen LogP contribution is -2.28. The number of rotatable bonds is 3. The molecule has 1 atom stereocenters. The van der Waals surface area contributed by atoms with Crippen molar-refractivity contribution in [3.05, 3.63) is 47.0 Å². The Balaban J connectivity index is 2.41. The Morgan fingerprint density at radius 1 is 1.24 bits per heavy atom. The highest BCUT2D eigenvalue weighted by molar-refractivity contribution is 5.31. The van der Waals surface area contributed by atoms with Crippen molar-refractivity contribution in [2.75, 3.05) is 0 Å². The maximum Gasteiger partial charge on any atom is 0.0742 e. The Bertz CT molecular complexity index is 497. The van der Waals surface area contributed by atoms with Gasteiger partial charge in [-0.2, -0.15) is 5.10 Å². The molecule has 0 aliphatic heterocycles. The van der Waals surface area contributed by atoms with Gasteiger partial charge in [-0.25, -0.2) is 5.43 Å². The molecule has 0 aliphatic rings. The molecular formula is C12H17N5. The van der Waals surface area contributed by atoms with Gasteiger partial charge in [0, 0.05) is 30.2 Å². The highest BCUT2D eigenvalue weighted by Crippen LogP contribution is 2.21. The summed E-state index contributed by atoms with van der Waals surface area (Å²) in [6.45, 7) is 3.96. The van der Waals surface area contributed by atoms with E-state index in [0.717, 1.165) is 22.5 Å². The van der Waals surface area contributed by atoms with E-state index in [4.69, 9.17) is 5.84 Å². The highest BCUT2D eigenvalue weighted by atomic mass is 15.3. The fourth-order valence-corrected chi connectivity index (χ4v) is 2.01. The van der Waals surface area contributed by atoms with E-state index in [1.165, 1.54) is 0 Å². The van der Waals surface area contributed by atoms with Crippen LogP contribution in [0.2, 0.25) is 0 Å². The number of nitrogens with two attached hydrogens (primary N) is 1. The standard InChI is InChI=1S/C12H17N5/c1-8-4-10(5-9(2)15-8)12(16-13)11-6-14-17(3)7-11/h4-7,12,16H,13H2,1-3H3. The van der Waals surface area contributed by atoms with Crippen molar-refractivity contribution in [3.63, 3.8) is 0 Å². The molecule has 0 aromatic carbocycles. The first-order valence-electron chi connectivity index (χ1n) is 5.50. The number of hydrogen-bond acceptors (Lipinski definition) is 4. The van der Waals surface area contributed by atoms with Gasteiger partial charge in [0.1, 0.15) is 0 Å². The third-order valence-corrected chi connectivity index (χ3v) is 2.66. The molecule has 0 radical (unpaired) electrons. The summed E-state index contributed by atoms with van der Waals surface area (Å²) < 4.78 is 1.76. The molecule has 5 heteroatoms. The average Bonchev–Trinajstić information content (AvgIpc) is 2.64. The molecule has 5 nitrogen and oxygen atoms in total. The number of aromatic nitrogens is 3. The molecule has 2 aromatic heterocycles. The van der Waals surface area contributed by atoms with E-state index in [1.807, 2.05) is 45.4 Å². The fraction of sp³-hybridized carbons (Fsp3) is 0.333. The van der Waals surface area contributed by atoms with E-state index in [1.54, 1.807) is 4.68 Å². The molecule has 0 fully saturated rings. The zero-order valence-electron chi connectivity index (χ0n) is 10.3. The van der Waals surface area contributed by atoms with Gasteiger partial charge in [-0.3, -0.25) is 15.5 Å². The van der Waals surface area contributed by atoms with E-state index in [9.17, 15) is 0 Å². The summed E-state index contributed by atoms with van der Waals surface area (Å²) in [5.74, 6) is 5.64. The van der Waals surface area contributed by atoms with Gasteiger partial charge in [-0.15, -0.1) is 0 Å². The first kappa shape index (κ1) is 11.8. The number of nitrogens with zero attached hydrogens (tertiary/aromatic N) is 3. The van der Waals surface area contributed by atoms with Crippen LogP contribution in [0.1, 0.15) is 28.6 Å². The number of hydrogen-bond donors (Lipinski definition) is 2. The molecule has 17 heavy (non-hydrogen) atoms. The van der Waals surface area contributed by atoms with Gasteiger partial charge in [-0.05, 0) is 31.5 Å². The van der Waals surface area contributed by atoms with Crippen LogP contribution in [0.4, 0.5) is 0 Å². The van der Waals surface area contributed by atoms with E-state index < -0.39 is 0 Å². The molecule has 0 bridgehead atoms. The molecule has 2 aromatic rings. The number of pyridine rings is 1. The van der Waals surface area contributed by atoms with Crippen LogP contribution in [0.15, 0.2) is 24.5 Å². The molecule has 0 saturated carbocycles. The van der Waals surface area contributed by atoms with E-state index in [0.29, 0.717) is 0 Å². The van der Waals surface area contributed by atoms with Crippen LogP contribution in [0.3, 0.4) is 0 Å². The van der Waals surface area contributed by atoms with Crippen LogP contribution in [-0.2, 0) is 7.05 Å². The van der Waals surface area contributed by atoms with Crippen molar-refractivity contribution in [1.82, 2.24) is 20.2 Å². The predicted octanol–water partition coefficient (Wildman–Crippen LogP) is 0.985. The second-order valence-electron chi connectivity index (χ2n) is 4.23. The molecule has 0 aliphatic carbocycles.